The summed E-state index contributed by atoms with van der Waals surface area (Å²) in [5, 5.41) is 10.8. The van der Waals surface area contributed by atoms with E-state index in [1.807, 2.05) is 55.6 Å². The molecule has 0 saturated heterocycles. The Labute approximate surface area is 170 Å². The van der Waals surface area contributed by atoms with Gasteiger partial charge in [0.1, 0.15) is 6.33 Å². The Kier molecular flexibility index (Phi) is 6.42. The van der Waals surface area contributed by atoms with E-state index in [1.54, 1.807) is 10.6 Å². The molecule has 0 aromatic carbocycles. The zero-order chi connectivity index (χ0) is 20.6. The maximum absolute atomic E-state index is 6.54. The molecule has 0 atom stereocenters. The lowest BCUT2D eigenvalue weighted by molar-refractivity contribution is 0.758. The number of hydrogen-bond donors (Lipinski definition) is 3. The highest BCUT2D eigenvalue weighted by atomic mass is 15.3. The van der Waals surface area contributed by atoms with Gasteiger partial charge in [0.05, 0.1) is 17.1 Å². The van der Waals surface area contributed by atoms with Crippen LogP contribution in [0.15, 0.2) is 79.9 Å². The van der Waals surface area contributed by atoms with Crippen molar-refractivity contribution in [2.45, 2.75) is 6.92 Å². The molecule has 0 amide bonds. The summed E-state index contributed by atoms with van der Waals surface area (Å²) in [5.74, 6) is 0. The highest BCUT2D eigenvalue weighted by Crippen LogP contribution is 2.20. The largest absolute Gasteiger partial charge is 0.396 e. The number of nitrogens with zero attached hydrogens (tertiary/aromatic N) is 4. The van der Waals surface area contributed by atoms with Gasteiger partial charge >= 0.3 is 0 Å². The van der Waals surface area contributed by atoms with Crippen molar-refractivity contribution in [1.82, 2.24) is 30.2 Å². The summed E-state index contributed by atoms with van der Waals surface area (Å²) in [7, 11) is 0. The fraction of sp³-hybridized carbons (Fsp3) is 0.136. The van der Waals surface area contributed by atoms with Gasteiger partial charge in [-0.25, -0.2) is 9.50 Å². The third-order valence-electron chi connectivity index (χ3n) is 4.21. The zero-order valence-corrected chi connectivity index (χ0v) is 16.5. The lowest BCUT2D eigenvalue weighted by atomic mass is 10.1. The molecule has 3 aromatic rings. The molecule has 0 spiro atoms. The van der Waals surface area contributed by atoms with Crippen molar-refractivity contribution in [2.75, 3.05) is 13.1 Å². The first-order valence-electron chi connectivity index (χ1n) is 9.28. The second-order valence-corrected chi connectivity index (χ2v) is 6.41. The third kappa shape index (κ3) is 5.10. The van der Waals surface area contributed by atoms with E-state index in [4.69, 9.17) is 5.73 Å². The van der Waals surface area contributed by atoms with Crippen molar-refractivity contribution < 1.29 is 0 Å². The van der Waals surface area contributed by atoms with Gasteiger partial charge in [0.25, 0.3) is 0 Å². The Balaban J connectivity index is 1.84. The van der Waals surface area contributed by atoms with E-state index in [-0.39, 0.29) is 0 Å². The van der Waals surface area contributed by atoms with Crippen molar-refractivity contribution in [3.8, 4) is 0 Å². The first-order valence-corrected chi connectivity index (χ1v) is 9.28. The van der Waals surface area contributed by atoms with Gasteiger partial charge in [-0.1, -0.05) is 31.4 Å². The summed E-state index contributed by atoms with van der Waals surface area (Å²) in [6, 6.07) is 9.67. The minimum Gasteiger partial charge on any atom is -0.396 e. The number of rotatable bonds is 9. The first-order chi connectivity index (χ1) is 14.1. The summed E-state index contributed by atoms with van der Waals surface area (Å²) in [6.07, 6.45) is 8.79. The van der Waals surface area contributed by atoms with Crippen LogP contribution in [0.3, 0.4) is 0 Å². The molecular formula is C22H25N7. The monoisotopic (exact) mass is 387 g/mol. The quantitative estimate of drug-likeness (QED) is 0.386. The second-order valence-electron chi connectivity index (χ2n) is 6.41. The topological polar surface area (TPSA) is 93.2 Å². The lowest BCUT2D eigenvalue weighted by Gasteiger charge is -2.16. The highest BCUT2D eigenvalue weighted by Gasteiger charge is 2.11. The SMILES string of the molecule is C=C/C=C\C(=C)NCCN/C(=C(\N)c1ccc2ncnn2c1)c1cccc(C)n1. The smallest absolute Gasteiger partial charge is 0.155 e. The Hall–Kier alpha value is -3.87. The van der Waals surface area contributed by atoms with E-state index < -0.39 is 0 Å². The van der Waals surface area contributed by atoms with Gasteiger partial charge < -0.3 is 16.4 Å². The summed E-state index contributed by atoms with van der Waals surface area (Å²) in [6.45, 7) is 10.9. The second kappa shape index (κ2) is 9.36. The molecule has 0 aliphatic rings. The molecular weight excluding hydrogens is 362 g/mol. The van der Waals surface area contributed by atoms with Crippen LogP contribution in [0, 0.1) is 6.92 Å². The summed E-state index contributed by atoms with van der Waals surface area (Å²) >= 11 is 0. The average molecular weight is 387 g/mol. The van der Waals surface area contributed by atoms with Crippen molar-refractivity contribution in [3.63, 3.8) is 0 Å². The van der Waals surface area contributed by atoms with Crippen LogP contribution in [0.1, 0.15) is 17.0 Å². The molecule has 0 aliphatic carbocycles. The number of hydrogen-bond acceptors (Lipinski definition) is 6. The molecule has 148 valence electrons. The number of pyridine rings is 2. The number of aromatic nitrogens is 4. The molecule has 0 bridgehead atoms. The normalized spacial score (nSPS) is 12.0. The Morgan fingerprint density at radius 1 is 1.21 bits per heavy atom. The molecule has 7 heteroatoms. The predicted octanol–water partition coefficient (Wildman–Crippen LogP) is 2.65. The van der Waals surface area contributed by atoms with Crippen molar-refractivity contribution in [3.05, 3.63) is 96.9 Å². The number of fused-ring (bicyclic) bond motifs is 1. The molecule has 3 aromatic heterocycles. The van der Waals surface area contributed by atoms with Crippen molar-refractivity contribution >= 4 is 17.0 Å². The fourth-order valence-corrected chi connectivity index (χ4v) is 2.78. The van der Waals surface area contributed by atoms with Gasteiger partial charge in [-0.2, -0.15) is 5.10 Å². The van der Waals surface area contributed by atoms with E-state index in [1.165, 1.54) is 6.33 Å². The van der Waals surface area contributed by atoms with Crippen LogP contribution >= 0.6 is 0 Å². The van der Waals surface area contributed by atoms with E-state index in [2.05, 4.69) is 38.9 Å². The summed E-state index contributed by atoms with van der Waals surface area (Å²) in [4.78, 5) is 8.80. The average Bonchev–Trinajstić information content (AvgIpc) is 3.19. The number of allylic oxidation sites excluding steroid dienone is 3. The van der Waals surface area contributed by atoms with Gasteiger partial charge in [-0.15, -0.1) is 0 Å². The van der Waals surface area contributed by atoms with E-state index in [0.29, 0.717) is 18.8 Å². The number of aryl methyl sites for hydroxylation is 1. The van der Waals surface area contributed by atoms with E-state index in [0.717, 1.165) is 34.0 Å². The van der Waals surface area contributed by atoms with Crippen molar-refractivity contribution in [2.24, 2.45) is 5.73 Å². The highest BCUT2D eigenvalue weighted by molar-refractivity contribution is 5.87. The van der Waals surface area contributed by atoms with Gasteiger partial charge in [-0.05, 0) is 37.3 Å². The van der Waals surface area contributed by atoms with Crippen LogP contribution in [0.4, 0.5) is 0 Å². The number of nitrogens with two attached hydrogens (primary N) is 1. The minimum atomic E-state index is 0.589. The zero-order valence-electron chi connectivity index (χ0n) is 16.5. The van der Waals surface area contributed by atoms with Crippen LogP contribution in [-0.4, -0.2) is 32.7 Å². The predicted molar refractivity (Wildman–Crippen MR) is 117 cm³/mol. The van der Waals surface area contributed by atoms with Crippen LogP contribution in [0.5, 0.6) is 0 Å². The molecule has 0 saturated carbocycles. The minimum absolute atomic E-state index is 0.589. The Bertz CT molecular complexity index is 1080. The fourth-order valence-electron chi connectivity index (χ4n) is 2.78. The van der Waals surface area contributed by atoms with E-state index in [9.17, 15) is 0 Å². The summed E-state index contributed by atoms with van der Waals surface area (Å²) < 4.78 is 1.70. The van der Waals surface area contributed by atoms with E-state index >= 15 is 0 Å². The molecule has 3 rings (SSSR count). The van der Waals surface area contributed by atoms with Crippen LogP contribution in [0.2, 0.25) is 0 Å². The first kappa shape index (κ1) is 19.9. The van der Waals surface area contributed by atoms with Crippen LogP contribution in [-0.2, 0) is 0 Å². The molecule has 0 unspecified atom stereocenters. The van der Waals surface area contributed by atoms with Gasteiger partial charge in [0.2, 0.25) is 0 Å². The molecule has 3 heterocycles. The molecule has 0 radical (unpaired) electrons. The Morgan fingerprint density at radius 3 is 2.83 bits per heavy atom. The molecule has 29 heavy (non-hydrogen) atoms. The van der Waals surface area contributed by atoms with Gasteiger partial charge in [0, 0.05) is 36.2 Å². The maximum Gasteiger partial charge on any atom is 0.155 e. The number of nitrogens with one attached hydrogen (secondary N) is 2. The van der Waals surface area contributed by atoms with Crippen LogP contribution < -0.4 is 16.4 Å². The third-order valence-corrected chi connectivity index (χ3v) is 4.21. The molecule has 4 N–H and O–H groups in total. The summed E-state index contributed by atoms with van der Waals surface area (Å²) in [5.41, 5.74) is 12.0. The van der Waals surface area contributed by atoms with Crippen LogP contribution in [0.25, 0.3) is 17.0 Å². The van der Waals surface area contributed by atoms with Gasteiger partial charge in [-0.3, -0.25) is 4.98 Å². The lowest BCUT2D eigenvalue weighted by Crippen LogP contribution is -2.27. The molecule has 0 aliphatic heterocycles. The Morgan fingerprint density at radius 2 is 2.03 bits per heavy atom. The maximum atomic E-state index is 6.54. The standard InChI is InChI=1S/C22H25N7/c1-4-5-7-16(2)24-12-13-25-22(19-9-6-8-17(3)28-19)21(23)18-10-11-20-26-15-27-29(20)14-18/h4-11,14-15,24-25H,1-2,12-13,23H2,3H3/b7-5-,22-21-. The van der Waals surface area contributed by atoms with Gasteiger partial charge in [0.15, 0.2) is 5.65 Å². The molecule has 0 fully saturated rings. The van der Waals surface area contributed by atoms with Crippen molar-refractivity contribution in [1.29, 1.82) is 0 Å². The molecule has 7 nitrogen and oxygen atoms in total.